The molecule has 94 valence electrons. The zero-order chi connectivity index (χ0) is 11.7. The first kappa shape index (κ1) is 11.5. The molecule has 4 heteroatoms. The first-order valence-corrected chi connectivity index (χ1v) is 7.58. The molecule has 17 heavy (non-hydrogen) atoms. The fraction of sp³-hybridized carbons (Fsp3) is 0.769. The average molecular weight is 251 g/mol. The Morgan fingerprint density at radius 1 is 1.29 bits per heavy atom. The van der Waals surface area contributed by atoms with Crippen molar-refractivity contribution in [3.8, 4) is 0 Å². The topological polar surface area (TPSA) is 42.1 Å². The lowest BCUT2D eigenvalue weighted by molar-refractivity contribution is 0.202. The molecule has 1 aliphatic heterocycles. The minimum atomic E-state index is 0.623. The van der Waals surface area contributed by atoms with Crippen LogP contribution in [0.15, 0.2) is 6.20 Å². The van der Waals surface area contributed by atoms with Gasteiger partial charge < -0.3 is 10.6 Å². The van der Waals surface area contributed by atoms with Crippen LogP contribution in [0.25, 0.3) is 0 Å². The van der Waals surface area contributed by atoms with E-state index in [4.69, 9.17) is 5.73 Å². The molecule has 0 radical (unpaired) electrons. The Balaban J connectivity index is 1.68. The molecule has 3 rings (SSSR count). The van der Waals surface area contributed by atoms with E-state index in [1.54, 1.807) is 11.3 Å². The summed E-state index contributed by atoms with van der Waals surface area (Å²) >= 11 is 1.77. The third kappa shape index (κ3) is 2.33. The molecule has 0 aromatic carbocycles. The highest BCUT2D eigenvalue weighted by Crippen LogP contribution is 2.38. The number of aromatic nitrogens is 1. The van der Waals surface area contributed by atoms with Crippen LogP contribution in [0, 0.1) is 11.8 Å². The number of anilines is 1. The van der Waals surface area contributed by atoms with Gasteiger partial charge in [-0.25, -0.2) is 4.98 Å². The van der Waals surface area contributed by atoms with Crippen molar-refractivity contribution >= 4 is 16.5 Å². The van der Waals surface area contributed by atoms with E-state index in [9.17, 15) is 0 Å². The van der Waals surface area contributed by atoms with Crippen molar-refractivity contribution in [2.24, 2.45) is 17.6 Å². The van der Waals surface area contributed by atoms with Gasteiger partial charge in [-0.2, -0.15) is 0 Å². The maximum absolute atomic E-state index is 5.65. The summed E-state index contributed by atoms with van der Waals surface area (Å²) in [4.78, 5) is 8.20. The summed E-state index contributed by atoms with van der Waals surface area (Å²) in [6.07, 6.45) is 9.08. The van der Waals surface area contributed by atoms with E-state index in [1.165, 1.54) is 55.2 Å². The largest absolute Gasteiger partial charge is 0.348 e. The molecule has 1 aromatic heterocycles. The molecule has 2 unspecified atom stereocenters. The minimum Gasteiger partial charge on any atom is -0.348 e. The van der Waals surface area contributed by atoms with Crippen LogP contribution in [-0.2, 0) is 6.54 Å². The van der Waals surface area contributed by atoms with Crippen molar-refractivity contribution in [3.63, 3.8) is 0 Å². The second-order valence-electron chi connectivity index (χ2n) is 5.35. The van der Waals surface area contributed by atoms with Gasteiger partial charge in [-0.15, -0.1) is 11.3 Å². The van der Waals surface area contributed by atoms with Crippen molar-refractivity contribution in [2.75, 3.05) is 18.0 Å². The second-order valence-corrected chi connectivity index (χ2v) is 6.45. The Morgan fingerprint density at radius 3 is 2.88 bits per heavy atom. The van der Waals surface area contributed by atoms with E-state index in [2.05, 4.69) is 9.88 Å². The van der Waals surface area contributed by atoms with Gasteiger partial charge in [-0.05, 0) is 24.7 Å². The van der Waals surface area contributed by atoms with Crippen LogP contribution in [0.2, 0.25) is 0 Å². The van der Waals surface area contributed by atoms with Gasteiger partial charge in [-0.1, -0.05) is 19.3 Å². The molecule has 1 aliphatic carbocycles. The maximum Gasteiger partial charge on any atom is 0.185 e. The summed E-state index contributed by atoms with van der Waals surface area (Å²) in [5.74, 6) is 1.91. The lowest BCUT2D eigenvalue weighted by atomic mass is 9.75. The molecule has 0 bridgehead atoms. The summed E-state index contributed by atoms with van der Waals surface area (Å²) in [5.41, 5.74) is 5.65. The van der Waals surface area contributed by atoms with E-state index in [0.29, 0.717) is 6.54 Å². The number of nitrogens with zero attached hydrogens (tertiary/aromatic N) is 2. The van der Waals surface area contributed by atoms with Crippen molar-refractivity contribution in [1.82, 2.24) is 4.98 Å². The molecule has 2 aliphatic rings. The van der Waals surface area contributed by atoms with Crippen LogP contribution in [-0.4, -0.2) is 18.1 Å². The third-order valence-corrected chi connectivity index (χ3v) is 5.38. The summed E-state index contributed by atoms with van der Waals surface area (Å²) in [6.45, 7) is 3.04. The normalized spacial score (nSPS) is 29.1. The van der Waals surface area contributed by atoms with Gasteiger partial charge in [0, 0.05) is 30.7 Å². The summed E-state index contributed by atoms with van der Waals surface area (Å²) in [6, 6.07) is 0. The van der Waals surface area contributed by atoms with E-state index in [1.807, 2.05) is 6.20 Å². The number of rotatable bonds is 2. The lowest BCUT2D eigenvalue weighted by Crippen LogP contribution is -2.41. The molecular formula is C13H21N3S. The first-order valence-electron chi connectivity index (χ1n) is 6.76. The summed E-state index contributed by atoms with van der Waals surface area (Å²) in [7, 11) is 0. The van der Waals surface area contributed by atoms with Gasteiger partial charge >= 0.3 is 0 Å². The standard InChI is InChI=1S/C13H21N3S/c14-7-12-8-15-13(17-12)16-6-5-10-3-1-2-4-11(10)9-16/h8,10-11H,1-7,9,14H2. The van der Waals surface area contributed by atoms with Gasteiger partial charge in [0.05, 0.1) is 0 Å². The highest BCUT2D eigenvalue weighted by molar-refractivity contribution is 7.15. The number of hydrogen-bond acceptors (Lipinski definition) is 4. The van der Waals surface area contributed by atoms with Crippen LogP contribution in [0.1, 0.15) is 37.0 Å². The predicted molar refractivity (Wildman–Crippen MR) is 72.3 cm³/mol. The molecule has 2 N–H and O–H groups in total. The van der Waals surface area contributed by atoms with E-state index in [0.717, 1.165) is 11.8 Å². The van der Waals surface area contributed by atoms with Crippen LogP contribution in [0.3, 0.4) is 0 Å². The number of fused-ring (bicyclic) bond motifs is 1. The highest BCUT2D eigenvalue weighted by Gasteiger charge is 2.31. The van der Waals surface area contributed by atoms with Crippen molar-refractivity contribution in [1.29, 1.82) is 0 Å². The van der Waals surface area contributed by atoms with E-state index >= 15 is 0 Å². The number of piperidine rings is 1. The summed E-state index contributed by atoms with van der Waals surface area (Å²) < 4.78 is 0. The molecule has 2 atom stereocenters. The Labute approximate surface area is 107 Å². The van der Waals surface area contributed by atoms with Gasteiger partial charge in [-0.3, -0.25) is 0 Å². The Morgan fingerprint density at radius 2 is 2.12 bits per heavy atom. The maximum atomic E-state index is 5.65. The van der Waals surface area contributed by atoms with Crippen molar-refractivity contribution in [2.45, 2.75) is 38.6 Å². The SMILES string of the molecule is NCc1cnc(N2CCC3CCCCC3C2)s1. The predicted octanol–water partition coefficient (Wildman–Crippen LogP) is 2.62. The molecule has 1 saturated carbocycles. The Kier molecular flexibility index (Phi) is 3.34. The highest BCUT2D eigenvalue weighted by atomic mass is 32.1. The Hall–Kier alpha value is -0.610. The fourth-order valence-electron chi connectivity index (χ4n) is 3.31. The monoisotopic (exact) mass is 251 g/mol. The molecule has 3 nitrogen and oxygen atoms in total. The minimum absolute atomic E-state index is 0.623. The average Bonchev–Trinajstić information content (AvgIpc) is 2.87. The fourth-order valence-corrected chi connectivity index (χ4v) is 4.14. The molecular weight excluding hydrogens is 230 g/mol. The second kappa shape index (κ2) is 4.94. The molecule has 2 heterocycles. The molecule has 2 fully saturated rings. The zero-order valence-corrected chi connectivity index (χ0v) is 11.1. The van der Waals surface area contributed by atoms with Crippen molar-refractivity contribution in [3.05, 3.63) is 11.1 Å². The molecule has 1 aromatic rings. The van der Waals surface area contributed by atoms with Gasteiger partial charge in [0.2, 0.25) is 0 Å². The number of hydrogen-bond donors (Lipinski definition) is 1. The molecule has 0 amide bonds. The van der Waals surface area contributed by atoms with E-state index < -0.39 is 0 Å². The van der Waals surface area contributed by atoms with Crippen molar-refractivity contribution < 1.29 is 0 Å². The zero-order valence-electron chi connectivity index (χ0n) is 10.3. The number of thiazole rings is 1. The van der Waals surface area contributed by atoms with E-state index in [-0.39, 0.29) is 0 Å². The van der Waals surface area contributed by atoms with Crippen LogP contribution in [0.5, 0.6) is 0 Å². The smallest absolute Gasteiger partial charge is 0.185 e. The van der Waals surface area contributed by atoms with Gasteiger partial charge in [0.1, 0.15) is 0 Å². The summed E-state index contributed by atoms with van der Waals surface area (Å²) in [5, 5.41) is 1.19. The molecule has 0 spiro atoms. The lowest BCUT2D eigenvalue weighted by Gasteiger charge is -2.41. The Bertz CT molecular complexity index is 376. The first-order chi connectivity index (χ1) is 8.36. The quantitative estimate of drug-likeness (QED) is 0.878. The number of nitrogens with two attached hydrogens (primary N) is 1. The molecule has 1 saturated heterocycles. The third-order valence-electron chi connectivity index (χ3n) is 4.30. The van der Waals surface area contributed by atoms with Gasteiger partial charge in [0.15, 0.2) is 5.13 Å². The van der Waals surface area contributed by atoms with Crippen LogP contribution >= 0.6 is 11.3 Å². The van der Waals surface area contributed by atoms with Gasteiger partial charge in [0.25, 0.3) is 0 Å². The van der Waals surface area contributed by atoms with Crippen LogP contribution in [0.4, 0.5) is 5.13 Å². The van der Waals surface area contributed by atoms with Crippen LogP contribution < -0.4 is 10.6 Å².